The molecule has 1 heteroatoms. The van der Waals surface area contributed by atoms with Gasteiger partial charge in [-0.2, -0.15) is 0 Å². The van der Waals surface area contributed by atoms with Gasteiger partial charge in [0, 0.05) is 0 Å². The largest absolute Gasteiger partial charge is 0.303 e. The molecule has 31 heavy (non-hydrogen) atoms. The molecule has 0 heterocycles. The number of hydrogen-bond donors (Lipinski definition) is 0. The molecule has 188 valence electrons. The van der Waals surface area contributed by atoms with Gasteiger partial charge < -0.3 is 4.90 Å². The first-order valence-electron chi connectivity index (χ1n) is 15.1. The number of rotatable bonds is 27. The van der Waals surface area contributed by atoms with Crippen LogP contribution in [0.2, 0.25) is 0 Å². The van der Waals surface area contributed by atoms with Gasteiger partial charge in [0.25, 0.3) is 0 Å². The highest BCUT2D eigenvalue weighted by Gasteiger charge is 2.03. The van der Waals surface area contributed by atoms with E-state index in [-0.39, 0.29) is 0 Å². The molecule has 0 fully saturated rings. The Morgan fingerprint density at radius 3 is 0.774 bits per heavy atom. The van der Waals surface area contributed by atoms with Crippen molar-refractivity contribution in [2.45, 2.75) is 175 Å². The van der Waals surface area contributed by atoms with Gasteiger partial charge in [0.05, 0.1) is 0 Å². The van der Waals surface area contributed by atoms with Crippen molar-refractivity contribution in [2.24, 2.45) is 0 Å². The van der Waals surface area contributed by atoms with Gasteiger partial charge in [0.1, 0.15) is 0 Å². The van der Waals surface area contributed by atoms with E-state index >= 15 is 0 Å². The highest BCUT2D eigenvalue weighted by atomic mass is 15.1. The Morgan fingerprint density at radius 1 is 0.258 bits per heavy atom. The molecule has 0 rings (SSSR count). The van der Waals surface area contributed by atoms with E-state index in [4.69, 9.17) is 0 Å². The van der Waals surface area contributed by atoms with Crippen molar-refractivity contribution in [3.63, 3.8) is 0 Å². The van der Waals surface area contributed by atoms with Gasteiger partial charge in [-0.25, -0.2) is 0 Å². The van der Waals surface area contributed by atoms with Gasteiger partial charge in [-0.3, -0.25) is 0 Å². The lowest BCUT2D eigenvalue weighted by molar-refractivity contribution is 0.260. The van der Waals surface area contributed by atoms with Gasteiger partial charge in [-0.05, 0) is 38.9 Å². The van der Waals surface area contributed by atoms with Crippen LogP contribution in [0.3, 0.4) is 0 Å². The fourth-order valence-electron chi connectivity index (χ4n) is 4.83. The molecule has 0 saturated carbocycles. The van der Waals surface area contributed by atoms with Gasteiger partial charge in [0.2, 0.25) is 0 Å². The lowest BCUT2D eigenvalue weighted by atomic mass is 10.0. The monoisotopic (exact) mass is 437 g/mol. The fraction of sp³-hybridized carbons (Fsp3) is 1.00. The van der Waals surface area contributed by atoms with Crippen LogP contribution in [0.1, 0.15) is 175 Å². The summed E-state index contributed by atoms with van der Waals surface area (Å²) in [5, 5.41) is 0. The van der Waals surface area contributed by atoms with Crippen LogP contribution in [0, 0.1) is 0 Å². The molecule has 0 N–H and O–H groups in total. The second-order valence-corrected chi connectivity index (χ2v) is 10.3. The van der Waals surface area contributed by atoms with Crippen molar-refractivity contribution in [3.05, 3.63) is 0 Å². The third-order valence-electron chi connectivity index (χ3n) is 6.95. The summed E-state index contributed by atoms with van der Waals surface area (Å²) in [6, 6.07) is 0. The smallest absolute Gasteiger partial charge is 0.00187 e. The van der Waals surface area contributed by atoms with Crippen LogP contribution in [0.4, 0.5) is 0 Å². The Balaban J connectivity index is 3.38. The average molecular weight is 438 g/mol. The molecule has 0 aromatic heterocycles. The summed E-state index contributed by atoms with van der Waals surface area (Å²) < 4.78 is 0. The van der Waals surface area contributed by atoms with E-state index in [1.54, 1.807) is 0 Å². The molecule has 0 spiro atoms. The first-order chi connectivity index (χ1) is 15.3. The zero-order valence-corrected chi connectivity index (χ0v) is 22.5. The number of nitrogens with zero attached hydrogens (tertiary/aromatic N) is 1. The summed E-state index contributed by atoms with van der Waals surface area (Å²) in [5.41, 5.74) is 0. The minimum atomic E-state index is 1.32. The van der Waals surface area contributed by atoms with E-state index in [0.29, 0.717) is 0 Å². The second-order valence-electron chi connectivity index (χ2n) is 10.3. The maximum atomic E-state index is 2.75. The van der Waals surface area contributed by atoms with E-state index < -0.39 is 0 Å². The predicted molar refractivity (Wildman–Crippen MR) is 144 cm³/mol. The Morgan fingerprint density at radius 2 is 0.516 bits per heavy atom. The predicted octanol–water partition coefficient (Wildman–Crippen LogP) is 10.7. The van der Waals surface area contributed by atoms with Gasteiger partial charge in [-0.1, -0.05) is 156 Å². The quantitative estimate of drug-likeness (QED) is 0.115. The molecule has 0 radical (unpaired) electrons. The molecule has 0 unspecified atom stereocenters. The molecular weight excluding hydrogens is 374 g/mol. The van der Waals surface area contributed by atoms with Crippen molar-refractivity contribution in [3.8, 4) is 0 Å². The second kappa shape index (κ2) is 28.0. The Hall–Kier alpha value is -0.0400. The number of hydrogen-bond acceptors (Lipinski definition) is 1. The molecular formula is C30H63N. The minimum Gasteiger partial charge on any atom is -0.303 e. The van der Waals surface area contributed by atoms with Gasteiger partial charge >= 0.3 is 0 Å². The van der Waals surface area contributed by atoms with Crippen molar-refractivity contribution in [1.29, 1.82) is 0 Å². The van der Waals surface area contributed by atoms with Crippen molar-refractivity contribution in [2.75, 3.05) is 19.6 Å². The average Bonchev–Trinajstić information content (AvgIpc) is 2.78. The van der Waals surface area contributed by atoms with Gasteiger partial charge in [0.15, 0.2) is 0 Å². The van der Waals surface area contributed by atoms with E-state index in [1.165, 1.54) is 174 Å². The molecule has 0 aromatic rings. The maximum Gasteiger partial charge on any atom is -0.00187 e. The SMILES string of the molecule is CCCCCCCCCCCCCCCN(CCC)CCCCCCCCCCCC. The highest BCUT2D eigenvalue weighted by Crippen LogP contribution is 2.14. The van der Waals surface area contributed by atoms with Crippen LogP contribution in [0.25, 0.3) is 0 Å². The van der Waals surface area contributed by atoms with Crippen LogP contribution in [-0.2, 0) is 0 Å². The lowest BCUT2D eigenvalue weighted by Crippen LogP contribution is -2.27. The van der Waals surface area contributed by atoms with E-state index in [1.807, 2.05) is 0 Å². The molecule has 0 saturated heterocycles. The van der Waals surface area contributed by atoms with Crippen molar-refractivity contribution >= 4 is 0 Å². The third kappa shape index (κ3) is 26.1. The summed E-state index contributed by atoms with van der Waals surface area (Å²) in [4.78, 5) is 2.75. The zero-order valence-electron chi connectivity index (χ0n) is 22.5. The summed E-state index contributed by atoms with van der Waals surface area (Å²) in [6.45, 7) is 11.0. The maximum absolute atomic E-state index is 2.75. The summed E-state index contributed by atoms with van der Waals surface area (Å²) in [5.74, 6) is 0. The molecule has 0 atom stereocenters. The molecule has 1 nitrogen and oxygen atoms in total. The van der Waals surface area contributed by atoms with Crippen molar-refractivity contribution < 1.29 is 0 Å². The molecule has 0 aliphatic carbocycles. The molecule has 0 aliphatic rings. The standard InChI is InChI=1S/C30H63N/c1-4-7-9-11-13-15-17-18-19-21-23-25-27-30-31(28-6-3)29-26-24-22-20-16-14-12-10-8-5-2/h4-30H2,1-3H3. The van der Waals surface area contributed by atoms with E-state index in [0.717, 1.165) is 0 Å². The normalized spacial score (nSPS) is 11.6. The van der Waals surface area contributed by atoms with E-state index in [2.05, 4.69) is 25.7 Å². The highest BCUT2D eigenvalue weighted by molar-refractivity contribution is 4.59. The summed E-state index contributed by atoms with van der Waals surface area (Å²) >= 11 is 0. The van der Waals surface area contributed by atoms with Crippen LogP contribution in [0.15, 0.2) is 0 Å². The first kappa shape index (κ1) is 31.0. The Kier molecular flexibility index (Phi) is 28.0. The van der Waals surface area contributed by atoms with E-state index in [9.17, 15) is 0 Å². The lowest BCUT2D eigenvalue weighted by Gasteiger charge is -2.21. The summed E-state index contributed by atoms with van der Waals surface area (Å²) in [6.07, 6.45) is 34.8. The number of unbranched alkanes of at least 4 members (excludes halogenated alkanes) is 21. The fourth-order valence-corrected chi connectivity index (χ4v) is 4.83. The Bertz CT molecular complexity index is 301. The first-order valence-corrected chi connectivity index (χ1v) is 15.1. The minimum absolute atomic E-state index is 1.32. The van der Waals surface area contributed by atoms with Gasteiger partial charge in [-0.15, -0.1) is 0 Å². The molecule has 0 aliphatic heterocycles. The molecule has 0 bridgehead atoms. The Labute approximate surface area is 199 Å². The topological polar surface area (TPSA) is 3.24 Å². The zero-order chi connectivity index (χ0) is 22.7. The summed E-state index contributed by atoms with van der Waals surface area (Å²) in [7, 11) is 0. The molecule has 0 aromatic carbocycles. The van der Waals surface area contributed by atoms with Crippen LogP contribution in [0.5, 0.6) is 0 Å². The van der Waals surface area contributed by atoms with Crippen LogP contribution >= 0.6 is 0 Å². The van der Waals surface area contributed by atoms with Crippen LogP contribution < -0.4 is 0 Å². The molecule has 0 amide bonds. The third-order valence-corrected chi connectivity index (χ3v) is 6.95. The van der Waals surface area contributed by atoms with Crippen molar-refractivity contribution in [1.82, 2.24) is 4.90 Å². The van der Waals surface area contributed by atoms with Crippen LogP contribution in [-0.4, -0.2) is 24.5 Å².